The number of hydrogen-bond acceptors (Lipinski definition) is 1. The van der Waals surface area contributed by atoms with Gasteiger partial charge in [-0.3, -0.25) is 0 Å². The Hall–Kier alpha value is -3.06. The van der Waals surface area contributed by atoms with E-state index in [2.05, 4.69) is 0 Å². The van der Waals surface area contributed by atoms with Crippen molar-refractivity contribution in [2.24, 2.45) is 11.8 Å². The summed E-state index contributed by atoms with van der Waals surface area (Å²) < 4.78 is 94.5. The lowest BCUT2D eigenvalue weighted by molar-refractivity contribution is 0.249. The highest BCUT2D eigenvalue weighted by atomic mass is 19.2. The molecule has 3 aromatic carbocycles. The molecule has 46 heavy (non-hydrogen) atoms. The largest absolute Gasteiger partial charge is 0.368 e. The first kappa shape index (κ1) is 32.9. The summed E-state index contributed by atoms with van der Waals surface area (Å²) in [6, 6.07) is 9.08. The van der Waals surface area contributed by atoms with Crippen molar-refractivity contribution in [2.45, 2.75) is 102 Å². The maximum absolute atomic E-state index is 15.3. The third kappa shape index (κ3) is 6.95. The van der Waals surface area contributed by atoms with Crippen LogP contribution in [0.25, 0.3) is 11.1 Å². The molecule has 0 bridgehead atoms. The molecule has 2 saturated carbocycles. The molecule has 1 nitrogen and oxygen atoms in total. The van der Waals surface area contributed by atoms with E-state index in [9.17, 15) is 17.6 Å². The van der Waals surface area contributed by atoms with Crippen LogP contribution in [0.3, 0.4) is 0 Å². The predicted octanol–water partition coefficient (Wildman–Crippen LogP) is 11.8. The van der Waals surface area contributed by atoms with Crippen LogP contribution in [-0.4, -0.2) is 6.61 Å². The molecular weight excluding hydrogens is 598 g/mol. The Labute approximate surface area is 268 Å². The first-order valence-electron chi connectivity index (χ1n) is 16.9. The summed E-state index contributed by atoms with van der Waals surface area (Å²) >= 11 is 0. The molecule has 3 aliphatic rings. The molecule has 3 aromatic rings. The molecule has 0 radical (unpaired) electrons. The summed E-state index contributed by atoms with van der Waals surface area (Å²) in [7, 11) is 0. The summed E-state index contributed by atoms with van der Waals surface area (Å²) in [5.41, 5.74) is 0.760. The summed E-state index contributed by atoms with van der Waals surface area (Å²) in [5.74, 6) is -4.75. The zero-order valence-corrected chi connectivity index (χ0v) is 26.4. The fraction of sp³-hybridized carbons (Fsp3) is 0.487. The van der Waals surface area contributed by atoms with Gasteiger partial charge < -0.3 is 4.74 Å². The molecule has 1 saturated heterocycles. The van der Waals surface area contributed by atoms with Gasteiger partial charge in [-0.05, 0) is 111 Å². The molecule has 0 N–H and O–H groups in total. The molecule has 246 valence electrons. The number of ether oxygens (including phenoxy) is 1. The lowest BCUT2D eigenvalue weighted by atomic mass is 9.73. The maximum atomic E-state index is 15.3. The zero-order valence-electron chi connectivity index (χ0n) is 26.4. The van der Waals surface area contributed by atoms with Crippen molar-refractivity contribution in [1.29, 1.82) is 0 Å². The number of allylic oxidation sites excluding steroid dienone is 2. The molecule has 1 atom stereocenters. The quantitative estimate of drug-likeness (QED) is 0.122. The Kier molecular flexibility index (Phi) is 10.3. The molecule has 1 unspecified atom stereocenters. The summed E-state index contributed by atoms with van der Waals surface area (Å²) in [5, 5.41) is 0. The van der Waals surface area contributed by atoms with Gasteiger partial charge in [-0.2, -0.15) is 0 Å². The van der Waals surface area contributed by atoms with E-state index in [1.807, 2.05) is 19.1 Å². The van der Waals surface area contributed by atoms with Crippen LogP contribution in [0, 0.1) is 46.7 Å². The van der Waals surface area contributed by atoms with Gasteiger partial charge in [0.1, 0.15) is 6.10 Å². The number of rotatable bonds is 10. The lowest BCUT2D eigenvalue weighted by Gasteiger charge is -2.32. The number of aryl methyl sites for hydroxylation is 1. The second-order valence-electron chi connectivity index (χ2n) is 13.5. The second kappa shape index (κ2) is 14.4. The van der Waals surface area contributed by atoms with Crippen LogP contribution in [-0.2, 0) is 11.2 Å². The monoisotopic (exact) mass is 640 g/mol. The van der Waals surface area contributed by atoms with Crippen molar-refractivity contribution in [1.82, 2.24) is 0 Å². The first-order chi connectivity index (χ1) is 22.3. The van der Waals surface area contributed by atoms with Crippen LogP contribution in [0.4, 0.5) is 26.3 Å². The Morgan fingerprint density at radius 1 is 0.587 bits per heavy atom. The third-order valence-electron chi connectivity index (χ3n) is 10.8. The van der Waals surface area contributed by atoms with Crippen molar-refractivity contribution in [3.8, 4) is 11.1 Å². The van der Waals surface area contributed by atoms with E-state index in [0.717, 1.165) is 64.2 Å². The van der Waals surface area contributed by atoms with Gasteiger partial charge in [0.05, 0.1) is 6.61 Å². The fourth-order valence-corrected chi connectivity index (χ4v) is 7.85. The van der Waals surface area contributed by atoms with E-state index in [1.54, 1.807) is 12.1 Å². The van der Waals surface area contributed by atoms with Crippen LogP contribution in [0.2, 0.25) is 0 Å². The molecule has 7 heteroatoms. The zero-order chi connectivity index (χ0) is 32.4. The summed E-state index contributed by atoms with van der Waals surface area (Å²) in [4.78, 5) is 0. The Balaban J connectivity index is 0.986. The van der Waals surface area contributed by atoms with Gasteiger partial charge >= 0.3 is 0 Å². The van der Waals surface area contributed by atoms with E-state index in [-0.39, 0.29) is 28.5 Å². The van der Waals surface area contributed by atoms with Crippen molar-refractivity contribution >= 4 is 0 Å². The van der Waals surface area contributed by atoms with Gasteiger partial charge in [0.25, 0.3) is 0 Å². The van der Waals surface area contributed by atoms with Crippen molar-refractivity contribution in [3.05, 3.63) is 106 Å². The molecule has 1 heterocycles. The van der Waals surface area contributed by atoms with E-state index in [0.29, 0.717) is 48.0 Å². The minimum Gasteiger partial charge on any atom is -0.368 e. The molecule has 3 fully saturated rings. The minimum absolute atomic E-state index is 0.0553. The predicted molar refractivity (Wildman–Crippen MR) is 169 cm³/mol. The average Bonchev–Trinajstić information content (AvgIpc) is 3.91. The molecule has 1 aliphatic heterocycles. The number of epoxide rings is 1. The fourth-order valence-electron chi connectivity index (χ4n) is 7.85. The Bertz CT molecular complexity index is 1560. The first-order valence-corrected chi connectivity index (χ1v) is 16.9. The highest BCUT2D eigenvalue weighted by Crippen LogP contribution is 2.44. The minimum atomic E-state index is -1.20. The van der Waals surface area contributed by atoms with Gasteiger partial charge in [0.15, 0.2) is 34.9 Å². The number of hydrogen-bond donors (Lipinski definition) is 0. The molecular formula is C39H42F6O. The number of benzene rings is 3. The van der Waals surface area contributed by atoms with E-state index < -0.39 is 41.0 Å². The summed E-state index contributed by atoms with van der Waals surface area (Å²) in [6.07, 6.45) is 13.8. The van der Waals surface area contributed by atoms with Gasteiger partial charge in [0.2, 0.25) is 0 Å². The maximum Gasteiger partial charge on any atom is 0.167 e. The lowest BCUT2D eigenvalue weighted by Crippen LogP contribution is -2.18. The topological polar surface area (TPSA) is 12.5 Å². The van der Waals surface area contributed by atoms with Gasteiger partial charge in [-0.15, -0.1) is 0 Å². The summed E-state index contributed by atoms with van der Waals surface area (Å²) in [6.45, 7) is 2.23. The van der Waals surface area contributed by atoms with Crippen molar-refractivity contribution in [3.63, 3.8) is 0 Å². The van der Waals surface area contributed by atoms with E-state index in [4.69, 9.17) is 4.74 Å². The van der Waals surface area contributed by atoms with Crippen LogP contribution < -0.4 is 0 Å². The van der Waals surface area contributed by atoms with Crippen molar-refractivity contribution < 1.29 is 31.1 Å². The SMILES string of the molecule is C/C=C/CCc1ccc(C2CCC(CCC3CCC(c4ccc(-c5ccc(C6CO6)c(F)c5F)c(F)c4F)CC3)CC2)c(F)c1F. The van der Waals surface area contributed by atoms with Crippen LogP contribution in [0.1, 0.15) is 118 Å². The van der Waals surface area contributed by atoms with Crippen LogP contribution in [0.15, 0.2) is 48.6 Å². The molecule has 0 amide bonds. The van der Waals surface area contributed by atoms with Crippen LogP contribution in [0.5, 0.6) is 0 Å². The van der Waals surface area contributed by atoms with Gasteiger partial charge in [-0.1, -0.05) is 61.4 Å². The standard InChI is InChI=1S/C39H42F6O/c1-2-3-4-5-27-16-17-28(35(41)34(27)40)25-12-8-23(9-13-25)6-7-24-10-14-26(15-11-24)29-18-19-30(37(43)36(29)42)31-20-21-32(33-22-46-33)39(45)38(31)44/h2-3,16-21,23-26,33H,4-15,22H2,1H3/b3-2+. The van der Waals surface area contributed by atoms with E-state index in [1.165, 1.54) is 24.3 Å². The second-order valence-corrected chi connectivity index (χ2v) is 13.5. The molecule has 0 aromatic heterocycles. The van der Waals surface area contributed by atoms with Crippen LogP contribution >= 0.6 is 0 Å². The van der Waals surface area contributed by atoms with Gasteiger partial charge in [-0.25, -0.2) is 26.3 Å². The third-order valence-corrected chi connectivity index (χ3v) is 10.8. The smallest absolute Gasteiger partial charge is 0.167 e. The Morgan fingerprint density at radius 3 is 1.54 bits per heavy atom. The van der Waals surface area contributed by atoms with E-state index >= 15 is 8.78 Å². The molecule has 2 aliphatic carbocycles. The van der Waals surface area contributed by atoms with Crippen molar-refractivity contribution in [2.75, 3.05) is 6.61 Å². The average molecular weight is 641 g/mol. The van der Waals surface area contributed by atoms with Gasteiger partial charge in [0, 0.05) is 16.7 Å². The number of halogens is 6. The highest BCUT2D eigenvalue weighted by molar-refractivity contribution is 5.66. The molecule has 0 spiro atoms. The molecule has 6 rings (SSSR count). The normalized spacial score (nSPS) is 24.9. The highest BCUT2D eigenvalue weighted by Gasteiger charge is 2.32. The Morgan fingerprint density at radius 2 is 1.04 bits per heavy atom.